The predicted octanol–water partition coefficient (Wildman–Crippen LogP) is 4.49. The van der Waals surface area contributed by atoms with Crippen LogP contribution in [0.4, 0.5) is 11.6 Å². The van der Waals surface area contributed by atoms with Gasteiger partial charge in [-0.25, -0.2) is 19.9 Å². The number of aromatic nitrogens is 5. The molecule has 4 aromatic heterocycles. The Hall–Kier alpha value is -4.08. The standard InChI is InChI=1S/C31H35N9/c1-38-9-6-24(7-10-38)37-31-26-15-22(3-4-28(26)35-20-36-31)27-19-34-30-25(27)16-23(18-33-30)21-5-8-32-29(17-21)40-13-11-39(2)12-14-40/h3-5,8,15-20,24H,6-7,9-14H2,1-2H3,(H,33,34)(H,35,36,37). The highest BCUT2D eigenvalue weighted by molar-refractivity contribution is 5.99. The smallest absolute Gasteiger partial charge is 0.137 e. The van der Waals surface area contributed by atoms with Gasteiger partial charge in [-0.1, -0.05) is 6.07 Å². The van der Waals surface area contributed by atoms with Crippen molar-refractivity contribution in [2.45, 2.75) is 18.9 Å². The number of anilines is 2. The summed E-state index contributed by atoms with van der Waals surface area (Å²) in [5.74, 6) is 1.94. The van der Waals surface area contributed by atoms with E-state index in [0.29, 0.717) is 6.04 Å². The van der Waals surface area contributed by atoms with Crippen molar-refractivity contribution in [2.24, 2.45) is 0 Å². The van der Waals surface area contributed by atoms with Gasteiger partial charge in [0.15, 0.2) is 0 Å². The molecule has 0 radical (unpaired) electrons. The molecule has 6 heterocycles. The van der Waals surface area contributed by atoms with Gasteiger partial charge in [-0.15, -0.1) is 0 Å². The summed E-state index contributed by atoms with van der Waals surface area (Å²) >= 11 is 0. The molecule has 2 fully saturated rings. The number of rotatable bonds is 5. The third-order valence-electron chi connectivity index (χ3n) is 8.44. The fourth-order valence-corrected chi connectivity index (χ4v) is 5.89. The van der Waals surface area contributed by atoms with E-state index in [1.807, 2.05) is 12.4 Å². The topological polar surface area (TPSA) is 89.1 Å². The van der Waals surface area contributed by atoms with Crippen molar-refractivity contribution in [3.05, 3.63) is 61.3 Å². The quantitative estimate of drug-likeness (QED) is 0.342. The summed E-state index contributed by atoms with van der Waals surface area (Å²) in [6.45, 7) is 6.30. The number of nitrogens with zero attached hydrogens (tertiary/aromatic N) is 7. The highest BCUT2D eigenvalue weighted by Gasteiger charge is 2.19. The molecular formula is C31H35N9. The summed E-state index contributed by atoms with van der Waals surface area (Å²) in [5, 5.41) is 5.85. The number of hydrogen-bond acceptors (Lipinski definition) is 8. The van der Waals surface area contributed by atoms with E-state index in [1.54, 1.807) is 6.33 Å². The number of likely N-dealkylation sites (tertiary alicyclic amines) is 1. The van der Waals surface area contributed by atoms with Crippen molar-refractivity contribution in [1.82, 2.24) is 34.7 Å². The normalized spacial score (nSPS) is 17.6. The Kier molecular flexibility index (Phi) is 6.53. The molecule has 0 spiro atoms. The molecular weight excluding hydrogens is 498 g/mol. The lowest BCUT2D eigenvalue weighted by molar-refractivity contribution is 0.264. The zero-order valence-electron chi connectivity index (χ0n) is 23.1. The summed E-state index contributed by atoms with van der Waals surface area (Å²) in [7, 11) is 4.36. The Bertz CT molecular complexity index is 1650. The van der Waals surface area contributed by atoms with Crippen molar-refractivity contribution in [2.75, 3.05) is 63.6 Å². The molecule has 2 saturated heterocycles. The number of nitrogens with one attached hydrogen (secondary N) is 2. The third kappa shape index (κ3) is 4.87. The molecule has 2 aliphatic heterocycles. The number of benzene rings is 1. The van der Waals surface area contributed by atoms with Crippen LogP contribution in [0.1, 0.15) is 12.8 Å². The van der Waals surface area contributed by atoms with Crippen LogP contribution in [0.25, 0.3) is 44.2 Å². The van der Waals surface area contributed by atoms with Gasteiger partial charge in [-0.3, -0.25) is 0 Å². The average molecular weight is 534 g/mol. The summed E-state index contributed by atoms with van der Waals surface area (Å²) in [4.78, 5) is 29.1. The lowest BCUT2D eigenvalue weighted by atomic mass is 10.0. The number of hydrogen-bond donors (Lipinski definition) is 2. The van der Waals surface area contributed by atoms with Crippen molar-refractivity contribution in [1.29, 1.82) is 0 Å². The molecule has 5 aromatic rings. The van der Waals surface area contributed by atoms with Gasteiger partial charge in [0, 0.05) is 72.7 Å². The molecule has 2 aliphatic rings. The van der Waals surface area contributed by atoms with Crippen molar-refractivity contribution >= 4 is 33.6 Å². The van der Waals surface area contributed by atoms with Crippen molar-refractivity contribution < 1.29 is 0 Å². The molecule has 9 heteroatoms. The molecule has 2 N–H and O–H groups in total. The Morgan fingerprint density at radius 2 is 1.57 bits per heavy atom. The molecule has 204 valence electrons. The first-order valence-electron chi connectivity index (χ1n) is 14.2. The van der Waals surface area contributed by atoms with Crippen LogP contribution < -0.4 is 10.2 Å². The van der Waals surface area contributed by atoms with Gasteiger partial charge in [0.1, 0.15) is 23.6 Å². The first-order chi connectivity index (χ1) is 19.6. The van der Waals surface area contributed by atoms with Crippen LogP contribution in [-0.2, 0) is 0 Å². The van der Waals surface area contributed by atoms with Crippen LogP contribution >= 0.6 is 0 Å². The second kappa shape index (κ2) is 10.5. The molecule has 1 aromatic carbocycles. The van der Waals surface area contributed by atoms with Gasteiger partial charge in [0.05, 0.1) is 5.52 Å². The van der Waals surface area contributed by atoms with Crippen LogP contribution in [0, 0.1) is 0 Å². The van der Waals surface area contributed by atoms with E-state index in [9.17, 15) is 0 Å². The lowest BCUT2D eigenvalue weighted by Crippen LogP contribution is -2.44. The van der Waals surface area contributed by atoms with E-state index in [2.05, 4.69) is 96.6 Å². The fourth-order valence-electron chi connectivity index (χ4n) is 5.89. The van der Waals surface area contributed by atoms with Gasteiger partial charge in [0.2, 0.25) is 0 Å². The van der Waals surface area contributed by atoms with Gasteiger partial charge in [0.25, 0.3) is 0 Å². The minimum atomic E-state index is 0.425. The third-order valence-corrected chi connectivity index (χ3v) is 8.44. The van der Waals surface area contributed by atoms with E-state index in [-0.39, 0.29) is 0 Å². The number of fused-ring (bicyclic) bond motifs is 2. The van der Waals surface area contributed by atoms with Gasteiger partial charge in [-0.05, 0) is 81.5 Å². The monoisotopic (exact) mass is 533 g/mol. The first kappa shape index (κ1) is 24.9. The highest BCUT2D eigenvalue weighted by atomic mass is 15.3. The van der Waals surface area contributed by atoms with E-state index < -0.39 is 0 Å². The number of H-pyrrole nitrogens is 1. The average Bonchev–Trinajstić information content (AvgIpc) is 3.42. The largest absolute Gasteiger partial charge is 0.367 e. The van der Waals surface area contributed by atoms with Crippen LogP contribution in [-0.4, -0.2) is 94.1 Å². The highest BCUT2D eigenvalue weighted by Crippen LogP contribution is 2.34. The number of likely N-dealkylation sites (N-methyl/N-ethyl adjacent to an activating group) is 1. The zero-order chi connectivity index (χ0) is 27.1. The van der Waals surface area contributed by atoms with E-state index in [4.69, 9.17) is 4.98 Å². The second-order valence-corrected chi connectivity index (χ2v) is 11.2. The Morgan fingerprint density at radius 1 is 0.775 bits per heavy atom. The zero-order valence-corrected chi connectivity index (χ0v) is 23.1. The number of piperidine rings is 1. The SMILES string of the molecule is CN1CCC(Nc2ncnc3ccc(-c4c[nH]c5ncc(-c6ccnc(N7CCN(C)CC7)c6)cc45)cc23)CC1. The minimum absolute atomic E-state index is 0.425. The second-order valence-electron chi connectivity index (χ2n) is 11.2. The van der Waals surface area contributed by atoms with Gasteiger partial charge >= 0.3 is 0 Å². The summed E-state index contributed by atoms with van der Waals surface area (Å²) in [6, 6.07) is 13.4. The van der Waals surface area contributed by atoms with Gasteiger partial charge < -0.3 is 25.0 Å². The van der Waals surface area contributed by atoms with E-state index >= 15 is 0 Å². The van der Waals surface area contributed by atoms with Crippen LogP contribution in [0.3, 0.4) is 0 Å². The fraction of sp³-hybridized carbons (Fsp3) is 0.355. The summed E-state index contributed by atoms with van der Waals surface area (Å²) in [5.41, 5.74) is 6.27. The molecule has 0 atom stereocenters. The van der Waals surface area contributed by atoms with Crippen LogP contribution in [0.5, 0.6) is 0 Å². The first-order valence-corrected chi connectivity index (χ1v) is 14.2. The Balaban J connectivity index is 1.22. The number of piperazine rings is 1. The van der Waals surface area contributed by atoms with Gasteiger partial charge in [-0.2, -0.15) is 0 Å². The predicted molar refractivity (Wildman–Crippen MR) is 162 cm³/mol. The molecule has 0 amide bonds. The maximum Gasteiger partial charge on any atom is 0.137 e. The summed E-state index contributed by atoms with van der Waals surface area (Å²) in [6.07, 6.45) is 9.80. The van der Waals surface area contributed by atoms with Crippen LogP contribution in [0.15, 0.2) is 61.3 Å². The maximum absolute atomic E-state index is 4.78. The summed E-state index contributed by atoms with van der Waals surface area (Å²) < 4.78 is 0. The molecule has 0 aliphatic carbocycles. The lowest BCUT2D eigenvalue weighted by Gasteiger charge is -2.33. The molecule has 0 bridgehead atoms. The number of aromatic amines is 1. The minimum Gasteiger partial charge on any atom is -0.367 e. The molecule has 9 nitrogen and oxygen atoms in total. The Labute approximate surface area is 234 Å². The molecule has 0 unspecified atom stereocenters. The molecule has 40 heavy (non-hydrogen) atoms. The van der Waals surface area contributed by atoms with E-state index in [0.717, 1.165) is 108 Å². The molecule has 7 rings (SSSR count). The van der Waals surface area contributed by atoms with Crippen molar-refractivity contribution in [3.8, 4) is 22.3 Å². The Morgan fingerprint density at radius 3 is 2.42 bits per heavy atom. The van der Waals surface area contributed by atoms with Crippen LogP contribution in [0.2, 0.25) is 0 Å². The van der Waals surface area contributed by atoms with E-state index in [1.165, 1.54) is 0 Å². The molecule has 0 saturated carbocycles. The van der Waals surface area contributed by atoms with Crippen molar-refractivity contribution in [3.63, 3.8) is 0 Å². The maximum atomic E-state index is 4.78. The number of pyridine rings is 2.